The molecule has 3 rings (SSSR count). The van der Waals surface area contributed by atoms with Crippen LogP contribution in [0.2, 0.25) is 10.0 Å². The van der Waals surface area contributed by atoms with Crippen molar-refractivity contribution in [1.29, 1.82) is 0 Å². The number of rotatable bonds is 16. The van der Waals surface area contributed by atoms with Crippen LogP contribution in [0.15, 0.2) is 71.3 Å². The molecular weight excluding hydrogens is 541 g/mol. The Hall–Kier alpha value is -2.67. The summed E-state index contributed by atoms with van der Waals surface area (Å²) in [6.07, 6.45) is 8.96. The lowest BCUT2D eigenvalue weighted by Gasteiger charge is -2.08. The van der Waals surface area contributed by atoms with Crippen LogP contribution in [0.3, 0.4) is 0 Å². The topological polar surface area (TPSA) is 68.7 Å². The first kappa shape index (κ1) is 29.9. The molecule has 0 aliphatic carbocycles. The maximum atomic E-state index is 11.7. The Labute approximate surface area is 239 Å². The number of aromatic nitrogens is 1. The molecule has 0 saturated heterocycles. The van der Waals surface area contributed by atoms with E-state index in [0.29, 0.717) is 28.1 Å². The van der Waals surface area contributed by atoms with E-state index < -0.39 is 5.97 Å². The minimum atomic E-state index is -1.10. The summed E-state index contributed by atoms with van der Waals surface area (Å²) in [6, 6.07) is 19.1. The molecular formula is C30H33Cl2NO4S. The first-order chi connectivity index (χ1) is 18.5. The molecule has 1 N–H and O–H groups in total. The van der Waals surface area contributed by atoms with E-state index in [1.165, 1.54) is 29.8 Å². The average molecular weight is 575 g/mol. The van der Waals surface area contributed by atoms with E-state index in [0.717, 1.165) is 54.9 Å². The number of benzene rings is 2. The molecule has 0 fully saturated rings. The highest BCUT2D eigenvalue weighted by atomic mass is 35.5. The van der Waals surface area contributed by atoms with Crippen molar-refractivity contribution >= 4 is 47.0 Å². The fourth-order valence-corrected chi connectivity index (χ4v) is 5.43. The average Bonchev–Trinajstić information content (AvgIpc) is 2.91. The van der Waals surface area contributed by atoms with Gasteiger partial charge in [-0.2, -0.15) is 0 Å². The second-order valence-corrected chi connectivity index (χ2v) is 10.6. The zero-order valence-corrected chi connectivity index (χ0v) is 23.8. The van der Waals surface area contributed by atoms with Gasteiger partial charge in [0, 0.05) is 16.7 Å². The van der Waals surface area contributed by atoms with Crippen LogP contribution in [0.1, 0.15) is 55.5 Å². The van der Waals surface area contributed by atoms with E-state index >= 15 is 0 Å². The number of carbonyl (C=O) groups is 1. The van der Waals surface area contributed by atoms with Gasteiger partial charge in [-0.3, -0.25) is 4.98 Å². The largest absolute Gasteiger partial charge is 0.497 e. The predicted molar refractivity (Wildman–Crippen MR) is 156 cm³/mol. The SMILES string of the molecule is COc1ccc(CCCCCCCCO/C(=C/c2cccc(CSc3c(Cl)cccc3Cl)n2)C(=O)O)cc1. The van der Waals surface area contributed by atoms with Gasteiger partial charge in [-0.15, -0.1) is 11.8 Å². The molecule has 1 aromatic heterocycles. The van der Waals surface area contributed by atoms with Gasteiger partial charge in [-0.25, -0.2) is 4.79 Å². The molecule has 0 aliphatic heterocycles. The van der Waals surface area contributed by atoms with Crippen molar-refractivity contribution in [2.45, 2.75) is 55.6 Å². The zero-order valence-electron chi connectivity index (χ0n) is 21.5. The summed E-state index contributed by atoms with van der Waals surface area (Å²) in [5.74, 6) is 0.231. The number of carboxylic acids is 1. The van der Waals surface area contributed by atoms with E-state index in [2.05, 4.69) is 17.1 Å². The van der Waals surface area contributed by atoms with Gasteiger partial charge in [-0.05, 0) is 61.2 Å². The molecule has 0 amide bonds. The number of nitrogens with zero attached hydrogens (tertiary/aromatic N) is 1. The fourth-order valence-electron chi connectivity index (χ4n) is 3.84. The number of hydrogen-bond donors (Lipinski definition) is 1. The molecule has 1 heterocycles. The Morgan fingerprint density at radius 1 is 0.921 bits per heavy atom. The van der Waals surface area contributed by atoms with Crippen LogP contribution in [-0.2, 0) is 21.7 Å². The lowest BCUT2D eigenvalue weighted by molar-refractivity contribution is -0.136. The summed E-state index contributed by atoms with van der Waals surface area (Å²) in [4.78, 5) is 17.1. The summed E-state index contributed by atoms with van der Waals surface area (Å²) in [6.45, 7) is 0.366. The van der Waals surface area contributed by atoms with E-state index in [9.17, 15) is 9.90 Å². The quantitative estimate of drug-likeness (QED) is 0.0799. The van der Waals surface area contributed by atoms with Crippen LogP contribution in [0.5, 0.6) is 5.75 Å². The van der Waals surface area contributed by atoms with Crippen molar-refractivity contribution in [3.05, 3.63) is 93.4 Å². The van der Waals surface area contributed by atoms with E-state index in [4.69, 9.17) is 32.7 Å². The number of halogens is 2. The summed E-state index contributed by atoms with van der Waals surface area (Å²) in [5.41, 5.74) is 2.65. The first-order valence-electron chi connectivity index (χ1n) is 12.7. The van der Waals surface area contributed by atoms with E-state index in [-0.39, 0.29) is 5.76 Å². The van der Waals surface area contributed by atoms with Gasteiger partial charge in [0.1, 0.15) is 5.75 Å². The third-order valence-electron chi connectivity index (χ3n) is 5.88. The standard InChI is InChI=1S/C30H33Cl2NO4S/c1-36-25-17-15-22(16-18-25)10-6-4-2-3-5-7-19-37-28(30(34)35)20-23-11-8-12-24(33-23)21-38-29-26(31)13-9-14-27(29)32/h8-9,11-18,20H,2-7,10,19,21H2,1H3,(H,34,35)/b28-20+. The summed E-state index contributed by atoms with van der Waals surface area (Å²) >= 11 is 14.0. The monoisotopic (exact) mass is 573 g/mol. The van der Waals surface area contributed by atoms with Gasteiger partial charge in [0.2, 0.25) is 5.76 Å². The van der Waals surface area contributed by atoms with Crippen LogP contribution < -0.4 is 4.74 Å². The number of methoxy groups -OCH3 is 1. The molecule has 0 bridgehead atoms. The van der Waals surface area contributed by atoms with Crippen molar-refractivity contribution in [3.8, 4) is 5.75 Å². The van der Waals surface area contributed by atoms with Gasteiger partial charge in [0.25, 0.3) is 0 Å². The lowest BCUT2D eigenvalue weighted by atomic mass is 10.0. The minimum Gasteiger partial charge on any atom is -0.497 e. The van der Waals surface area contributed by atoms with Crippen molar-refractivity contribution in [1.82, 2.24) is 4.98 Å². The Kier molecular flexibility index (Phi) is 12.8. The van der Waals surface area contributed by atoms with Crippen molar-refractivity contribution in [2.24, 2.45) is 0 Å². The molecule has 2 aromatic carbocycles. The molecule has 0 saturated carbocycles. The Bertz CT molecular complexity index is 1180. The number of aliphatic carboxylic acids is 1. The molecule has 202 valence electrons. The highest BCUT2D eigenvalue weighted by Crippen LogP contribution is 2.35. The fraction of sp³-hybridized carbons (Fsp3) is 0.333. The number of unbranched alkanes of at least 4 members (excludes halogenated alkanes) is 5. The van der Waals surface area contributed by atoms with E-state index in [1.807, 2.05) is 24.3 Å². The smallest absolute Gasteiger partial charge is 0.371 e. The molecule has 0 atom stereocenters. The number of pyridine rings is 1. The Balaban J connectivity index is 1.37. The van der Waals surface area contributed by atoms with Crippen molar-refractivity contribution in [2.75, 3.05) is 13.7 Å². The maximum absolute atomic E-state index is 11.7. The Morgan fingerprint density at radius 3 is 2.26 bits per heavy atom. The van der Waals surface area contributed by atoms with Gasteiger partial charge in [0.15, 0.2) is 0 Å². The van der Waals surface area contributed by atoms with Crippen molar-refractivity contribution in [3.63, 3.8) is 0 Å². The number of thioether (sulfide) groups is 1. The summed E-state index contributed by atoms with van der Waals surface area (Å²) < 4.78 is 10.8. The van der Waals surface area contributed by atoms with Crippen LogP contribution in [0.25, 0.3) is 6.08 Å². The van der Waals surface area contributed by atoms with Crippen LogP contribution in [0.4, 0.5) is 0 Å². The second kappa shape index (κ2) is 16.3. The van der Waals surface area contributed by atoms with Gasteiger partial charge < -0.3 is 14.6 Å². The maximum Gasteiger partial charge on any atom is 0.371 e. The second-order valence-electron chi connectivity index (χ2n) is 8.77. The predicted octanol–water partition coefficient (Wildman–Crippen LogP) is 8.71. The molecule has 0 radical (unpaired) electrons. The molecule has 0 unspecified atom stereocenters. The highest BCUT2D eigenvalue weighted by Gasteiger charge is 2.11. The molecule has 5 nitrogen and oxygen atoms in total. The number of carboxylic acid groups (broad SMARTS) is 1. The lowest BCUT2D eigenvalue weighted by Crippen LogP contribution is -2.06. The van der Waals surface area contributed by atoms with Crippen LogP contribution in [0, 0.1) is 0 Å². The normalized spacial score (nSPS) is 11.4. The number of ether oxygens (including phenoxy) is 2. The summed E-state index contributed by atoms with van der Waals surface area (Å²) in [5, 5.41) is 10.8. The van der Waals surface area contributed by atoms with Gasteiger partial charge >= 0.3 is 5.97 Å². The molecule has 0 aliphatic rings. The molecule has 38 heavy (non-hydrogen) atoms. The number of aryl methyl sites for hydroxylation is 1. The molecule has 8 heteroatoms. The molecule has 0 spiro atoms. The van der Waals surface area contributed by atoms with E-state index in [1.54, 1.807) is 31.4 Å². The minimum absolute atomic E-state index is 0.101. The van der Waals surface area contributed by atoms with Crippen LogP contribution >= 0.6 is 35.0 Å². The first-order valence-corrected chi connectivity index (χ1v) is 14.4. The highest BCUT2D eigenvalue weighted by molar-refractivity contribution is 7.98. The molecule has 3 aromatic rings. The third-order valence-corrected chi connectivity index (χ3v) is 7.90. The summed E-state index contributed by atoms with van der Waals surface area (Å²) in [7, 11) is 1.68. The van der Waals surface area contributed by atoms with Crippen LogP contribution in [-0.4, -0.2) is 29.8 Å². The number of hydrogen-bond acceptors (Lipinski definition) is 5. The van der Waals surface area contributed by atoms with Gasteiger partial charge in [0.05, 0.1) is 35.1 Å². The third kappa shape index (κ3) is 10.2. The zero-order chi connectivity index (χ0) is 27.2. The Morgan fingerprint density at radius 2 is 1.58 bits per heavy atom. The van der Waals surface area contributed by atoms with Gasteiger partial charge in [-0.1, -0.05) is 73.2 Å². The van der Waals surface area contributed by atoms with Crippen molar-refractivity contribution < 1.29 is 19.4 Å².